The molecule has 1 aromatic rings. The van der Waals surface area contributed by atoms with E-state index in [1.807, 2.05) is 0 Å². The van der Waals surface area contributed by atoms with E-state index in [2.05, 4.69) is 38.2 Å². The van der Waals surface area contributed by atoms with Crippen LogP contribution in [-0.2, 0) is 6.54 Å². The molecule has 0 amide bonds. The fourth-order valence-electron chi connectivity index (χ4n) is 1.89. The van der Waals surface area contributed by atoms with Gasteiger partial charge in [0.2, 0.25) is 0 Å². The maximum absolute atomic E-state index is 5.47. The SMILES string of the molecule is COc1cc(C)c(CNCCN)cc1C(C)C. The number of hydrogen-bond donors (Lipinski definition) is 2. The highest BCUT2D eigenvalue weighted by molar-refractivity contribution is 5.43. The lowest BCUT2D eigenvalue weighted by atomic mass is 9.96. The lowest BCUT2D eigenvalue weighted by molar-refractivity contribution is 0.407. The van der Waals surface area contributed by atoms with Gasteiger partial charge in [-0.3, -0.25) is 0 Å². The van der Waals surface area contributed by atoms with Gasteiger partial charge in [0.05, 0.1) is 7.11 Å². The average Bonchev–Trinajstić information content (AvgIpc) is 2.30. The van der Waals surface area contributed by atoms with Gasteiger partial charge < -0.3 is 15.8 Å². The molecule has 0 radical (unpaired) electrons. The molecule has 0 unspecified atom stereocenters. The molecule has 0 fully saturated rings. The molecule has 0 aromatic heterocycles. The number of benzene rings is 1. The molecule has 0 heterocycles. The summed E-state index contributed by atoms with van der Waals surface area (Å²) in [5.41, 5.74) is 9.32. The van der Waals surface area contributed by atoms with Gasteiger partial charge in [0.25, 0.3) is 0 Å². The molecule has 3 heteroatoms. The average molecular weight is 236 g/mol. The third kappa shape index (κ3) is 3.72. The van der Waals surface area contributed by atoms with Crippen LogP contribution < -0.4 is 15.8 Å². The van der Waals surface area contributed by atoms with Gasteiger partial charge in [0, 0.05) is 19.6 Å². The highest BCUT2D eigenvalue weighted by atomic mass is 16.5. The molecular weight excluding hydrogens is 212 g/mol. The number of ether oxygens (including phenoxy) is 1. The molecule has 1 aromatic carbocycles. The number of aryl methyl sites for hydroxylation is 1. The minimum Gasteiger partial charge on any atom is -0.496 e. The monoisotopic (exact) mass is 236 g/mol. The Labute approximate surface area is 104 Å². The van der Waals surface area contributed by atoms with Crippen LogP contribution in [0, 0.1) is 6.92 Å². The van der Waals surface area contributed by atoms with Gasteiger partial charge in [-0.25, -0.2) is 0 Å². The Morgan fingerprint density at radius 2 is 2.06 bits per heavy atom. The van der Waals surface area contributed by atoms with Crippen molar-refractivity contribution in [1.29, 1.82) is 0 Å². The van der Waals surface area contributed by atoms with Crippen LogP contribution in [0.4, 0.5) is 0 Å². The van der Waals surface area contributed by atoms with E-state index in [0.29, 0.717) is 12.5 Å². The summed E-state index contributed by atoms with van der Waals surface area (Å²) >= 11 is 0. The fraction of sp³-hybridized carbons (Fsp3) is 0.571. The summed E-state index contributed by atoms with van der Waals surface area (Å²) in [6.07, 6.45) is 0. The van der Waals surface area contributed by atoms with Crippen molar-refractivity contribution in [1.82, 2.24) is 5.32 Å². The van der Waals surface area contributed by atoms with Crippen LogP contribution in [0.25, 0.3) is 0 Å². The van der Waals surface area contributed by atoms with Gasteiger partial charge in [-0.2, -0.15) is 0 Å². The first-order valence-corrected chi connectivity index (χ1v) is 6.18. The van der Waals surface area contributed by atoms with Gasteiger partial charge in [-0.1, -0.05) is 19.9 Å². The second-order valence-electron chi connectivity index (χ2n) is 4.64. The van der Waals surface area contributed by atoms with E-state index < -0.39 is 0 Å². The maximum atomic E-state index is 5.47. The highest BCUT2D eigenvalue weighted by Gasteiger charge is 2.10. The van der Waals surface area contributed by atoms with Crippen molar-refractivity contribution < 1.29 is 4.74 Å². The summed E-state index contributed by atoms with van der Waals surface area (Å²) in [5, 5.41) is 3.33. The number of nitrogens with one attached hydrogen (secondary N) is 1. The van der Waals surface area contributed by atoms with E-state index in [9.17, 15) is 0 Å². The van der Waals surface area contributed by atoms with Gasteiger partial charge in [-0.15, -0.1) is 0 Å². The molecular formula is C14H24N2O. The molecule has 0 atom stereocenters. The zero-order valence-electron chi connectivity index (χ0n) is 11.3. The van der Waals surface area contributed by atoms with E-state index in [1.54, 1.807) is 7.11 Å². The summed E-state index contributed by atoms with van der Waals surface area (Å²) in [6.45, 7) is 8.88. The maximum Gasteiger partial charge on any atom is 0.122 e. The normalized spacial score (nSPS) is 10.9. The van der Waals surface area contributed by atoms with Crippen molar-refractivity contribution in [2.24, 2.45) is 5.73 Å². The minimum atomic E-state index is 0.471. The van der Waals surface area contributed by atoms with Crippen LogP contribution in [0.15, 0.2) is 12.1 Å². The van der Waals surface area contributed by atoms with Gasteiger partial charge >= 0.3 is 0 Å². The van der Waals surface area contributed by atoms with Crippen LogP contribution in [-0.4, -0.2) is 20.2 Å². The largest absolute Gasteiger partial charge is 0.496 e. The Morgan fingerprint density at radius 3 is 2.59 bits per heavy atom. The summed E-state index contributed by atoms with van der Waals surface area (Å²) < 4.78 is 5.43. The third-order valence-corrected chi connectivity index (χ3v) is 2.95. The van der Waals surface area contributed by atoms with E-state index in [-0.39, 0.29) is 0 Å². The highest BCUT2D eigenvalue weighted by Crippen LogP contribution is 2.29. The van der Waals surface area contributed by atoms with Crippen molar-refractivity contribution in [3.63, 3.8) is 0 Å². The Kier molecular flexibility index (Phi) is 5.45. The van der Waals surface area contributed by atoms with Crippen LogP contribution in [0.2, 0.25) is 0 Å². The smallest absolute Gasteiger partial charge is 0.122 e. The third-order valence-electron chi connectivity index (χ3n) is 2.95. The molecule has 0 aliphatic rings. The number of methoxy groups -OCH3 is 1. The first-order valence-electron chi connectivity index (χ1n) is 6.18. The van der Waals surface area contributed by atoms with E-state index in [1.165, 1.54) is 16.7 Å². The number of rotatable bonds is 6. The second kappa shape index (κ2) is 6.62. The summed E-state index contributed by atoms with van der Waals surface area (Å²) in [5.74, 6) is 1.46. The Balaban J connectivity index is 2.94. The minimum absolute atomic E-state index is 0.471. The van der Waals surface area contributed by atoms with E-state index >= 15 is 0 Å². The standard InChI is InChI=1S/C14H24N2O/c1-10(2)13-8-12(9-16-6-5-15)11(3)7-14(13)17-4/h7-8,10,16H,5-6,9,15H2,1-4H3. The quantitative estimate of drug-likeness (QED) is 0.744. The molecule has 3 nitrogen and oxygen atoms in total. The number of hydrogen-bond acceptors (Lipinski definition) is 3. The van der Waals surface area contributed by atoms with Gasteiger partial charge in [-0.05, 0) is 35.6 Å². The van der Waals surface area contributed by atoms with Crippen molar-refractivity contribution >= 4 is 0 Å². The zero-order valence-corrected chi connectivity index (χ0v) is 11.3. The summed E-state index contributed by atoms with van der Waals surface area (Å²) in [6, 6.07) is 4.36. The topological polar surface area (TPSA) is 47.3 Å². The van der Waals surface area contributed by atoms with Crippen LogP contribution in [0.3, 0.4) is 0 Å². The summed E-state index contributed by atoms with van der Waals surface area (Å²) in [7, 11) is 1.73. The molecule has 0 bridgehead atoms. The van der Waals surface area contributed by atoms with Crippen LogP contribution >= 0.6 is 0 Å². The van der Waals surface area contributed by atoms with Crippen molar-refractivity contribution in [3.05, 3.63) is 28.8 Å². The first-order chi connectivity index (χ1) is 8.10. The molecule has 96 valence electrons. The van der Waals surface area contributed by atoms with Crippen molar-refractivity contribution in [2.45, 2.75) is 33.2 Å². The Hall–Kier alpha value is -1.06. The summed E-state index contributed by atoms with van der Waals surface area (Å²) in [4.78, 5) is 0. The van der Waals surface area contributed by atoms with Crippen molar-refractivity contribution in [2.75, 3.05) is 20.2 Å². The Bertz CT molecular complexity index is 361. The number of nitrogens with two attached hydrogens (primary N) is 1. The second-order valence-corrected chi connectivity index (χ2v) is 4.64. The zero-order chi connectivity index (χ0) is 12.8. The molecule has 0 spiro atoms. The molecule has 17 heavy (non-hydrogen) atoms. The fourth-order valence-corrected chi connectivity index (χ4v) is 1.89. The lowest BCUT2D eigenvalue weighted by Gasteiger charge is -2.16. The van der Waals surface area contributed by atoms with E-state index in [4.69, 9.17) is 10.5 Å². The predicted molar refractivity (Wildman–Crippen MR) is 72.6 cm³/mol. The van der Waals surface area contributed by atoms with Gasteiger partial charge in [0.1, 0.15) is 5.75 Å². The van der Waals surface area contributed by atoms with E-state index in [0.717, 1.165) is 18.8 Å². The predicted octanol–water partition coefficient (Wildman–Crippen LogP) is 2.18. The molecule has 1 rings (SSSR count). The molecule has 0 aliphatic heterocycles. The van der Waals surface area contributed by atoms with Crippen LogP contribution in [0.5, 0.6) is 5.75 Å². The van der Waals surface area contributed by atoms with Crippen molar-refractivity contribution in [3.8, 4) is 5.75 Å². The van der Waals surface area contributed by atoms with Crippen LogP contribution in [0.1, 0.15) is 36.5 Å². The molecule has 0 saturated carbocycles. The van der Waals surface area contributed by atoms with Gasteiger partial charge in [0.15, 0.2) is 0 Å². The molecule has 3 N–H and O–H groups in total. The molecule has 0 saturated heterocycles. The lowest BCUT2D eigenvalue weighted by Crippen LogP contribution is -2.22. The molecule has 0 aliphatic carbocycles. The first kappa shape index (κ1) is 14.0. The Morgan fingerprint density at radius 1 is 1.35 bits per heavy atom.